The van der Waals surface area contributed by atoms with Gasteiger partial charge in [0.05, 0.1) is 12.6 Å². The van der Waals surface area contributed by atoms with Gasteiger partial charge in [-0.25, -0.2) is 13.2 Å². The summed E-state index contributed by atoms with van der Waals surface area (Å²) in [5, 5.41) is 12.3. The van der Waals surface area contributed by atoms with Crippen LogP contribution >= 0.6 is 0 Å². The van der Waals surface area contributed by atoms with Crippen LogP contribution in [0, 0.1) is 17.5 Å². The Labute approximate surface area is 209 Å². The lowest BCUT2D eigenvalue weighted by Gasteiger charge is -2.44. The number of benzene rings is 3. The SMILES string of the molecule is C[C@@H](c1ccc(-c2ccc(F)cc2F)cc1)N1CCC(CCNCCO)(c2ccc(F)cc2)CC1=O. The number of amides is 1. The molecule has 4 nitrogen and oxygen atoms in total. The molecule has 0 aliphatic carbocycles. The van der Waals surface area contributed by atoms with Crippen molar-refractivity contribution in [3.8, 4) is 11.1 Å². The molecule has 0 bridgehead atoms. The van der Waals surface area contributed by atoms with Gasteiger partial charge in [-0.15, -0.1) is 0 Å². The number of carbonyl (C=O) groups excluding carboxylic acids is 1. The van der Waals surface area contributed by atoms with Gasteiger partial charge in [0.2, 0.25) is 5.91 Å². The molecule has 4 rings (SSSR count). The number of nitrogens with one attached hydrogen (secondary N) is 1. The topological polar surface area (TPSA) is 52.6 Å². The number of hydrogen-bond donors (Lipinski definition) is 2. The zero-order valence-electron chi connectivity index (χ0n) is 20.3. The van der Waals surface area contributed by atoms with Gasteiger partial charge in [-0.2, -0.15) is 0 Å². The Morgan fingerprint density at radius 1 is 0.972 bits per heavy atom. The molecule has 2 atom stereocenters. The van der Waals surface area contributed by atoms with E-state index in [2.05, 4.69) is 5.32 Å². The van der Waals surface area contributed by atoms with Gasteiger partial charge in [0.15, 0.2) is 0 Å². The van der Waals surface area contributed by atoms with Crippen molar-refractivity contribution in [1.82, 2.24) is 10.2 Å². The van der Waals surface area contributed by atoms with Gasteiger partial charge < -0.3 is 15.3 Å². The lowest BCUT2D eigenvalue weighted by molar-refractivity contribution is -0.138. The van der Waals surface area contributed by atoms with Crippen LogP contribution in [0.4, 0.5) is 13.2 Å². The molecule has 0 aromatic heterocycles. The Morgan fingerprint density at radius 3 is 2.31 bits per heavy atom. The van der Waals surface area contributed by atoms with Crippen molar-refractivity contribution < 1.29 is 23.1 Å². The molecular formula is C29H31F3N2O2. The van der Waals surface area contributed by atoms with E-state index in [0.29, 0.717) is 43.6 Å². The fourth-order valence-electron chi connectivity index (χ4n) is 5.13. The van der Waals surface area contributed by atoms with E-state index in [4.69, 9.17) is 5.11 Å². The van der Waals surface area contributed by atoms with Crippen LogP contribution in [0.25, 0.3) is 11.1 Å². The van der Waals surface area contributed by atoms with E-state index in [1.54, 1.807) is 24.3 Å². The first-order valence-electron chi connectivity index (χ1n) is 12.3. The van der Waals surface area contributed by atoms with E-state index in [0.717, 1.165) is 23.6 Å². The molecule has 3 aromatic carbocycles. The van der Waals surface area contributed by atoms with Crippen molar-refractivity contribution in [1.29, 1.82) is 0 Å². The Bertz CT molecular complexity index is 1180. The van der Waals surface area contributed by atoms with Crippen molar-refractivity contribution in [3.63, 3.8) is 0 Å². The first-order chi connectivity index (χ1) is 17.3. The molecule has 1 aliphatic heterocycles. The van der Waals surface area contributed by atoms with Crippen molar-refractivity contribution >= 4 is 5.91 Å². The summed E-state index contributed by atoms with van der Waals surface area (Å²) in [6.07, 6.45) is 1.74. The Hall–Kier alpha value is -3.16. The first-order valence-corrected chi connectivity index (χ1v) is 12.3. The predicted octanol–water partition coefficient (Wildman–Crippen LogP) is 5.36. The van der Waals surface area contributed by atoms with Crippen LogP contribution in [0.3, 0.4) is 0 Å². The van der Waals surface area contributed by atoms with Crippen LogP contribution in [-0.4, -0.2) is 42.2 Å². The highest BCUT2D eigenvalue weighted by Crippen LogP contribution is 2.41. The highest BCUT2D eigenvalue weighted by atomic mass is 19.1. The molecule has 1 amide bonds. The summed E-state index contributed by atoms with van der Waals surface area (Å²) in [6, 6.07) is 17.0. The minimum Gasteiger partial charge on any atom is -0.395 e. The summed E-state index contributed by atoms with van der Waals surface area (Å²) >= 11 is 0. The van der Waals surface area contributed by atoms with E-state index in [-0.39, 0.29) is 24.4 Å². The summed E-state index contributed by atoms with van der Waals surface area (Å²) in [5.41, 5.74) is 2.42. The van der Waals surface area contributed by atoms with Crippen molar-refractivity contribution in [2.75, 3.05) is 26.2 Å². The van der Waals surface area contributed by atoms with E-state index < -0.39 is 17.0 Å². The smallest absolute Gasteiger partial charge is 0.223 e. The minimum absolute atomic E-state index is 0.0221. The number of hydrogen-bond acceptors (Lipinski definition) is 3. The van der Waals surface area contributed by atoms with E-state index in [1.807, 2.05) is 24.0 Å². The summed E-state index contributed by atoms with van der Waals surface area (Å²) in [6.45, 7) is 3.68. The monoisotopic (exact) mass is 496 g/mol. The van der Waals surface area contributed by atoms with E-state index in [9.17, 15) is 18.0 Å². The molecule has 1 saturated heterocycles. The number of likely N-dealkylation sites (tertiary alicyclic amines) is 1. The molecule has 1 heterocycles. The third kappa shape index (κ3) is 5.63. The minimum atomic E-state index is -0.619. The zero-order valence-corrected chi connectivity index (χ0v) is 20.3. The summed E-state index contributed by atoms with van der Waals surface area (Å²) in [4.78, 5) is 15.3. The highest BCUT2D eigenvalue weighted by molar-refractivity contribution is 5.79. The van der Waals surface area contributed by atoms with Crippen LogP contribution in [0.2, 0.25) is 0 Å². The molecule has 7 heteroatoms. The standard InChI is InChI=1S/C29H31F3N2O2/c1-20(21-2-4-22(5-3-21)26-11-10-25(31)18-27(26)32)34-16-13-29(19-28(34)36,12-14-33-15-17-35)23-6-8-24(30)9-7-23/h2-11,18,20,33,35H,12-17,19H2,1H3/t20-,29?/m0/s1. The number of aliphatic hydroxyl groups excluding tert-OH is 1. The van der Waals surface area contributed by atoms with Gasteiger partial charge in [-0.3, -0.25) is 4.79 Å². The third-order valence-electron chi connectivity index (χ3n) is 7.27. The molecule has 190 valence electrons. The van der Waals surface area contributed by atoms with Gasteiger partial charge >= 0.3 is 0 Å². The number of halogens is 3. The lowest BCUT2D eigenvalue weighted by atomic mass is 9.70. The lowest BCUT2D eigenvalue weighted by Crippen LogP contribution is -2.48. The number of carbonyl (C=O) groups is 1. The van der Waals surface area contributed by atoms with Crippen LogP contribution in [0.15, 0.2) is 66.7 Å². The molecule has 36 heavy (non-hydrogen) atoms. The zero-order chi connectivity index (χ0) is 25.7. The Kier molecular flexibility index (Phi) is 8.11. The quantitative estimate of drug-likeness (QED) is 0.392. The molecule has 1 unspecified atom stereocenters. The van der Waals surface area contributed by atoms with Gasteiger partial charge in [0.1, 0.15) is 17.5 Å². The molecule has 0 spiro atoms. The van der Waals surface area contributed by atoms with Gasteiger partial charge in [-0.1, -0.05) is 36.4 Å². The average Bonchev–Trinajstić information content (AvgIpc) is 2.87. The molecule has 3 aromatic rings. The molecule has 0 radical (unpaired) electrons. The van der Waals surface area contributed by atoms with E-state index >= 15 is 0 Å². The van der Waals surface area contributed by atoms with Crippen molar-refractivity contribution in [2.24, 2.45) is 0 Å². The van der Waals surface area contributed by atoms with Crippen LogP contribution in [-0.2, 0) is 10.2 Å². The maximum absolute atomic E-state index is 14.2. The van der Waals surface area contributed by atoms with Gasteiger partial charge in [0.25, 0.3) is 0 Å². The Morgan fingerprint density at radius 2 is 1.67 bits per heavy atom. The number of nitrogens with zero attached hydrogens (tertiary/aromatic N) is 1. The number of rotatable bonds is 9. The molecule has 1 fully saturated rings. The van der Waals surface area contributed by atoms with Crippen LogP contribution in [0.1, 0.15) is 43.4 Å². The first kappa shape index (κ1) is 25.9. The normalized spacial score (nSPS) is 18.9. The molecular weight excluding hydrogens is 465 g/mol. The number of aliphatic hydroxyl groups is 1. The Balaban J connectivity index is 1.50. The second-order valence-electron chi connectivity index (χ2n) is 9.45. The predicted molar refractivity (Wildman–Crippen MR) is 134 cm³/mol. The largest absolute Gasteiger partial charge is 0.395 e. The van der Waals surface area contributed by atoms with Gasteiger partial charge in [-0.05, 0) is 67.3 Å². The summed E-state index contributed by atoms with van der Waals surface area (Å²) in [5.74, 6) is -1.53. The van der Waals surface area contributed by atoms with Crippen LogP contribution in [0.5, 0.6) is 0 Å². The average molecular weight is 497 g/mol. The number of piperidine rings is 1. The van der Waals surface area contributed by atoms with Crippen molar-refractivity contribution in [2.45, 2.75) is 37.6 Å². The second kappa shape index (κ2) is 11.3. The molecule has 1 aliphatic rings. The maximum Gasteiger partial charge on any atom is 0.223 e. The fourth-order valence-corrected chi connectivity index (χ4v) is 5.13. The molecule has 2 N–H and O–H groups in total. The van der Waals surface area contributed by atoms with E-state index in [1.165, 1.54) is 24.3 Å². The highest BCUT2D eigenvalue weighted by Gasteiger charge is 2.41. The molecule has 0 saturated carbocycles. The van der Waals surface area contributed by atoms with Crippen molar-refractivity contribution in [3.05, 3.63) is 95.3 Å². The van der Waals surface area contributed by atoms with Crippen LogP contribution < -0.4 is 5.32 Å². The summed E-state index contributed by atoms with van der Waals surface area (Å²) < 4.78 is 41.0. The second-order valence-corrected chi connectivity index (χ2v) is 9.45. The fraction of sp³-hybridized carbons (Fsp3) is 0.345. The summed E-state index contributed by atoms with van der Waals surface area (Å²) in [7, 11) is 0. The van der Waals surface area contributed by atoms with Gasteiger partial charge in [0, 0.05) is 36.6 Å². The third-order valence-corrected chi connectivity index (χ3v) is 7.27. The maximum atomic E-state index is 14.2.